The SMILES string of the molecule is CC(=O)c1ccc(COC(=O)[C@@H](N)Cc2ccccc2)cc1. The molecule has 114 valence electrons. The molecule has 0 fully saturated rings. The van der Waals surface area contributed by atoms with E-state index in [1.54, 1.807) is 24.3 Å². The third-order valence-electron chi connectivity index (χ3n) is 3.34. The van der Waals surface area contributed by atoms with Crippen molar-refractivity contribution in [3.63, 3.8) is 0 Å². The second-order valence-electron chi connectivity index (χ2n) is 5.16. The van der Waals surface area contributed by atoms with Crippen LogP contribution in [0.15, 0.2) is 54.6 Å². The van der Waals surface area contributed by atoms with E-state index < -0.39 is 12.0 Å². The minimum absolute atomic E-state index is 0.00780. The van der Waals surface area contributed by atoms with Gasteiger partial charge in [0, 0.05) is 5.56 Å². The molecular formula is C18H19NO3. The molecule has 0 heterocycles. The summed E-state index contributed by atoms with van der Waals surface area (Å²) in [6, 6.07) is 15.9. The lowest BCUT2D eigenvalue weighted by atomic mass is 10.1. The Balaban J connectivity index is 1.85. The van der Waals surface area contributed by atoms with Gasteiger partial charge in [0.05, 0.1) is 0 Å². The summed E-state index contributed by atoms with van der Waals surface area (Å²) in [7, 11) is 0. The van der Waals surface area contributed by atoms with E-state index >= 15 is 0 Å². The average Bonchev–Trinajstić information content (AvgIpc) is 2.53. The number of ketones is 1. The molecule has 1 atom stereocenters. The lowest BCUT2D eigenvalue weighted by Crippen LogP contribution is -2.34. The van der Waals surface area contributed by atoms with E-state index in [4.69, 9.17) is 10.5 Å². The van der Waals surface area contributed by atoms with Crippen LogP contribution >= 0.6 is 0 Å². The fourth-order valence-electron chi connectivity index (χ4n) is 2.05. The molecule has 0 aromatic heterocycles. The number of esters is 1. The standard InChI is InChI=1S/C18H19NO3/c1-13(20)16-9-7-15(8-10-16)12-22-18(21)17(19)11-14-5-3-2-4-6-14/h2-10,17H,11-12,19H2,1H3/t17-/m0/s1. The van der Waals surface area contributed by atoms with Crippen molar-refractivity contribution in [1.82, 2.24) is 0 Å². The molecule has 0 unspecified atom stereocenters. The van der Waals surface area contributed by atoms with Gasteiger partial charge in [0.15, 0.2) is 5.78 Å². The minimum Gasteiger partial charge on any atom is -0.460 e. The summed E-state index contributed by atoms with van der Waals surface area (Å²) >= 11 is 0. The highest BCUT2D eigenvalue weighted by Gasteiger charge is 2.15. The number of ether oxygens (including phenoxy) is 1. The van der Waals surface area contributed by atoms with Crippen molar-refractivity contribution in [3.05, 3.63) is 71.3 Å². The fourth-order valence-corrected chi connectivity index (χ4v) is 2.05. The first-order valence-corrected chi connectivity index (χ1v) is 7.12. The topological polar surface area (TPSA) is 69.4 Å². The largest absolute Gasteiger partial charge is 0.460 e. The van der Waals surface area contributed by atoms with Crippen LogP contribution in [-0.2, 0) is 22.6 Å². The van der Waals surface area contributed by atoms with Gasteiger partial charge in [-0.25, -0.2) is 0 Å². The van der Waals surface area contributed by atoms with Gasteiger partial charge in [-0.2, -0.15) is 0 Å². The maximum atomic E-state index is 11.9. The number of hydrogen-bond donors (Lipinski definition) is 1. The molecule has 0 spiro atoms. The highest BCUT2D eigenvalue weighted by atomic mass is 16.5. The zero-order chi connectivity index (χ0) is 15.9. The second-order valence-corrected chi connectivity index (χ2v) is 5.16. The second kappa shape index (κ2) is 7.52. The van der Waals surface area contributed by atoms with E-state index in [2.05, 4.69) is 0 Å². The minimum atomic E-state index is -0.682. The summed E-state index contributed by atoms with van der Waals surface area (Å²) < 4.78 is 5.21. The Hall–Kier alpha value is -2.46. The summed E-state index contributed by atoms with van der Waals surface area (Å²) in [4.78, 5) is 23.1. The van der Waals surface area contributed by atoms with Crippen LogP contribution in [0.5, 0.6) is 0 Å². The molecule has 0 amide bonds. The van der Waals surface area contributed by atoms with Crippen molar-refractivity contribution in [2.75, 3.05) is 0 Å². The normalized spacial score (nSPS) is 11.7. The molecule has 2 rings (SSSR count). The molecule has 0 saturated heterocycles. The van der Waals surface area contributed by atoms with Crippen LogP contribution in [-0.4, -0.2) is 17.8 Å². The number of carbonyl (C=O) groups is 2. The zero-order valence-corrected chi connectivity index (χ0v) is 12.5. The Morgan fingerprint density at radius 1 is 1.00 bits per heavy atom. The van der Waals surface area contributed by atoms with E-state index in [0.717, 1.165) is 11.1 Å². The maximum absolute atomic E-state index is 11.9. The predicted molar refractivity (Wildman–Crippen MR) is 84.4 cm³/mol. The van der Waals surface area contributed by atoms with Crippen LogP contribution in [0.2, 0.25) is 0 Å². The number of carbonyl (C=O) groups excluding carboxylic acids is 2. The summed E-state index contributed by atoms with van der Waals surface area (Å²) in [5.74, 6) is -0.423. The van der Waals surface area contributed by atoms with Gasteiger partial charge in [-0.1, -0.05) is 54.6 Å². The van der Waals surface area contributed by atoms with Crippen molar-refractivity contribution in [3.8, 4) is 0 Å². The first-order chi connectivity index (χ1) is 10.6. The number of benzene rings is 2. The van der Waals surface area contributed by atoms with Gasteiger partial charge in [-0.05, 0) is 24.5 Å². The molecule has 2 aromatic carbocycles. The maximum Gasteiger partial charge on any atom is 0.323 e. The summed E-state index contributed by atoms with van der Waals surface area (Å²) in [6.07, 6.45) is 0.447. The Morgan fingerprint density at radius 3 is 2.23 bits per heavy atom. The average molecular weight is 297 g/mol. The number of nitrogens with two attached hydrogens (primary N) is 1. The lowest BCUT2D eigenvalue weighted by molar-refractivity contribution is -0.146. The van der Waals surface area contributed by atoms with Crippen LogP contribution < -0.4 is 5.73 Å². The van der Waals surface area contributed by atoms with Crippen LogP contribution in [0.4, 0.5) is 0 Å². The Kier molecular flexibility index (Phi) is 5.44. The molecule has 4 heteroatoms. The van der Waals surface area contributed by atoms with Gasteiger partial charge in [-0.3, -0.25) is 9.59 Å². The molecule has 0 aliphatic heterocycles. The number of rotatable bonds is 6. The van der Waals surface area contributed by atoms with E-state index in [1.807, 2.05) is 30.3 Å². The molecule has 0 aliphatic carbocycles. The third-order valence-corrected chi connectivity index (χ3v) is 3.34. The fraction of sp³-hybridized carbons (Fsp3) is 0.222. The highest BCUT2D eigenvalue weighted by Crippen LogP contribution is 2.08. The predicted octanol–water partition coefficient (Wildman–Crippen LogP) is 2.50. The van der Waals surface area contributed by atoms with Gasteiger partial charge in [0.1, 0.15) is 12.6 Å². The van der Waals surface area contributed by atoms with Crippen molar-refractivity contribution >= 4 is 11.8 Å². The first-order valence-electron chi connectivity index (χ1n) is 7.12. The van der Waals surface area contributed by atoms with Crippen molar-refractivity contribution in [2.45, 2.75) is 26.0 Å². The van der Waals surface area contributed by atoms with E-state index in [-0.39, 0.29) is 12.4 Å². The monoisotopic (exact) mass is 297 g/mol. The Bertz CT molecular complexity index is 635. The zero-order valence-electron chi connectivity index (χ0n) is 12.5. The first kappa shape index (κ1) is 15.9. The molecule has 2 aromatic rings. The lowest BCUT2D eigenvalue weighted by Gasteiger charge is -2.11. The third kappa shape index (κ3) is 4.53. The number of hydrogen-bond acceptors (Lipinski definition) is 4. The molecule has 0 radical (unpaired) electrons. The summed E-state index contributed by atoms with van der Waals surface area (Å²) in [5, 5.41) is 0. The Morgan fingerprint density at radius 2 is 1.64 bits per heavy atom. The van der Waals surface area contributed by atoms with Crippen molar-refractivity contribution in [1.29, 1.82) is 0 Å². The van der Waals surface area contributed by atoms with E-state index in [1.165, 1.54) is 6.92 Å². The van der Waals surface area contributed by atoms with Gasteiger partial charge in [0.2, 0.25) is 0 Å². The summed E-state index contributed by atoms with van der Waals surface area (Å²) in [6.45, 7) is 1.66. The molecule has 22 heavy (non-hydrogen) atoms. The highest BCUT2D eigenvalue weighted by molar-refractivity contribution is 5.94. The van der Waals surface area contributed by atoms with E-state index in [0.29, 0.717) is 12.0 Å². The van der Waals surface area contributed by atoms with E-state index in [9.17, 15) is 9.59 Å². The van der Waals surface area contributed by atoms with Crippen LogP contribution in [0.1, 0.15) is 28.4 Å². The van der Waals surface area contributed by atoms with Crippen LogP contribution in [0, 0.1) is 0 Å². The molecular weight excluding hydrogens is 278 g/mol. The molecule has 0 aliphatic rings. The molecule has 0 saturated carbocycles. The van der Waals surface area contributed by atoms with Gasteiger partial charge < -0.3 is 10.5 Å². The van der Waals surface area contributed by atoms with Gasteiger partial charge in [0.25, 0.3) is 0 Å². The molecule has 2 N–H and O–H groups in total. The molecule has 4 nitrogen and oxygen atoms in total. The van der Waals surface area contributed by atoms with Crippen molar-refractivity contribution in [2.24, 2.45) is 5.73 Å². The smallest absolute Gasteiger partial charge is 0.323 e. The summed E-state index contributed by atoms with van der Waals surface area (Å²) in [5.41, 5.74) is 8.32. The quantitative estimate of drug-likeness (QED) is 0.657. The Labute approximate surface area is 129 Å². The van der Waals surface area contributed by atoms with Crippen LogP contribution in [0.25, 0.3) is 0 Å². The molecule has 0 bridgehead atoms. The van der Waals surface area contributed by atoms with Gasteiger partial charge >= 0.3 is 5.97 Å². The number of Topliss-reactive ketones (excluding diaryl/α,β-unsaturated/α-hetero) is 1. The van der Waals surface area contributed by atoms with Crippen molar-refractivity contribution < 1.29 is 14.3 Å². The van der Waals surface area contributed by atoms with Crippen LogP contribution in [0.3, 0.4) is 0 Å². The van der Waals surface area contributed by atoms with Gasteiger partial charge in [-0.15, -0.1) is 0 Å².